The zero-order chi connectivity index (χ0) is 23.3. The number of halogens is 2. The smallest absolute Gasteiger partial charge is 1.00 e. The van der Waals surface area contributed by atoms with Gasteiger partial charge in [-0.25, -0.2) is 22.5 Å². The molecule has 0 radical (unpaired) electrons. The van der Waals surface area contributed by atoms with E-state index in [-0.39, 0.29) is 60.2 Å². The Labute approximate surface area is 249 Å². The van der Waals surface area contributed by atoms with Gasteiger partial charge in [0.05, 0.1) is 0 Å². The van der Waals surface area contributed by atoms with Crippen molar-refractivity contribution in [3.05, 3.63) is 46.8 Å². The van der Waals surface area contributed by atoms with Gasteiger partial charge in [0.25, 0.3) is 0 Å². The van der Waals surface area contributed by atoms with Gasteiger partial charge in [-0.1, -0.05) is 81.6 Å². The summed E-state index contributed by atoms with van der Waals surface area (Å²) in [5.41, 5.74) is 0. The minimum Gasteiger partial charge on any atom is -1.00 e. The minimum atomic E-state index is -1.47. The molecule has 0 aliphatic heterocycles. The summed E-state index contributed by atoms with van der Waals surface area (Å²) >= 11 is 0. The largest absolute Gasteiger partial charge is 4.00 e. The van der Waals surface area contributed by atoms with Crippen LogP contribution in [0.15, 0.2) is 34.7 Å². The number of hydrogen-bond acceptors (Lipinski definition) is 2. The predicted octanol–water partition coefficient (Wildman–Crippen LogP) is 1.08. The van der Waals surface area contributed by atoms with Crippen molar-refractivity contribution in [1.29, 1.82) is 0 Å². The van der Waals surface area contributed by atoms with Gasteiger partial charge in [0.15, 0.2) is 0 Å². The molecule has 0 saturated heterocycles. The van der Waals surface area contributed by atoms with Gasteiger partial charge < -0.3 is 43.1 Å². The van der Waals surface area contributed by atoms with E-state index in [9.17, 15) is 0 Å². The normalized spacial score (nSPS) is 15.5. The second-order valence-corrected chi connectivity index (χ2v) is 19.0. The maximum absolute atomic E-state index is 3.51. The fourth-order valence-corrected chi connectivity index (χ4v) is 13.5. The average Bonchev–Trinajstić information content (AvgIpc) is 3.28. The molecule has 0 N–H and O–H groups in total. The second-order valence-electron chi connectivity index (χ2n) is 10.7. The van der Waals surface area contributed by atoms with E-state index in [2.05, 4.69) is 127 Å². The van der Waals surface area contributed by atoms with Gasteiger partial charge in [0.1, 0.15) is 16.5 Å². The van der Waals surface area contributed by atoms with E-state index < -0.39 is 16.5 Å². The molecule has 2 rings (SSSR count). The molecule has 0 unspecified atom stereocenters. The third kappa shape index (κ3) is 10.6. The number of nitrogens with zero attached hydrogens (tertiary/aromatic N) is 2. The van der Waals surface area contributed by atoms with Crippen LogP contribution in [0.5, 0.6) is 0 Å². The molecule has 2 aliphatic rings. The van der Waals surface area contributed by atoms with Gasteiger partial charge in [-0.05, 0) is 24.2 Å². The van der Waals surface area contributed by atoms with Gasteiger partial charge in [0, 0.05) is 0 Å². The monoisotopic (exact) mass is 692 g/mol. The third-order valence-electron chi connectivity index (χ3n) is 6.22. The zero-order valence-electron chi connectivity index (χ0n) is 23.2. The Hall–Kier alpha value is 1.16. The summed E-state index contributed by atoms with van der Waals surface area (Å²) < 4.78 is 5.37. The van der Waals surface area contributed by atoms with Crippen LogP contribution in [0.4, 0.5) is 0 Å². The van der Waals surface area contributed by atoms with Crippen molar-refractivity contribution >= 4 is 16.5 Å². The Morgan fingerprint density at radius 3 is 1.00 bits per heavy atom. The summed E-state index contributed by atoms with van der Waals surface area (Å²) in [4.78, 5) is 0. The van der Waals surface area contributed by atoms with Crippen LogP contribution >= 0.6 is 0 Å². The maximum atomic E-state index is 3.51. The molecule has 2 nitrogen and oxygen atoms in total. The van der Waals surface area contributed by atoms with Crippen molar-refractivity contribution in [3.8, 4) is 0 Å². The summed E-state index contributed by atoms with van der Waals surface area (Å²) in [7, 11) is -2.95. The molecule has 0 amide bonds. The summed E-state index contributed by atoms with van der Waals surface area (Å²) in [5.74, 6) is 0. The standard InChI is InChI=1S/2C13H24NSi.2BrH.Zr/c2*1-11(2)14(12(3)4)15(5,6)13-9-7-8-10-13;;;/h2*7,9,11-12H,8H2,1-6H3;2*1H;/q2*-1;;;+4/p-2. The Morgan fingerprint density at radius 1 is 0.606 bits per heavy atom. The summed E-state index contributed by atoms with van der Waals surface area (Å²) in [5, 5.41) is 2.95. The molecule has 0 aromatic carbocycles. The third-order valence-corrected chi connectivity index (χ3v) is 14.2. The van der Waals surface area contributed by atoms with E-state index in [1.807, 2.05) is 0 Å². The fourth-order valence-electron chi connectivity index (χ4n) is 5.70. The second kappa shape index (κ2) is 16.8. The van der Waals surface area contributed by atoms with Crippen molar-refractivity contribution in [1.82, 2.24) is 9.13 Å². The van der Waals surface area contributed by atoms with Crippen LogP contribution in [-0.2, 0) is 26.2 Å². The van der Waals surface area contributed by atoms with E-state index in [0.717, 1.165) is 12.8 Å². The molecule has 0 saturated carbocycles. The summed E-state index contributed by atoms with van der Waals surface area (Å²) in [6.07, 6.45) is 18.1. The molecule has 33 heavy (non-hydrogen) atoms. The van der Waals surface area contributed by atoms with Gasteiger partial charge in [-0.15, -0.1) is 12.8 Å². The van der Waals surface area contributed by atoms with Crippen LogP contribution in [0.25, 0.3) is 0 Å². The van der Waals surface area contributed by atoms with Crippen LogP contribution in [0, 0.1) is 12.2 Å². The number of rotatable bonds is 8. The van der Waals surface area contributed by atoms with E-state index in [0.29, 0.717) is 24.2 Å². The van der Waals surface area contributed by atoms with Crippen molar-refractivity contribution < 1.29 is 60.2 Å². The number of allylic oxidation sites excluding steroid dienone is 8. The fraction of sp³-hybridized carbons (Fsp3) is 0.692. The quantitative estimate of drug-likeness (QED) is 0.278. The first-order valence-electron chi connectivity index (χ1n) is 11.9. The van der Waals surface area contributed by atoms with Gasteiger partial charge in [0.2, 0.25) is 0 Å². The zero-order valence-corrected chi connectivity index (χ0v) is 30.8. The van der Waals surface area contributed by atoms with E-state index >= 15 is 0 Å². The van der Waals surface area contributed by atoms with Crippen LogP contribution < -0.4 is 34.0 Å². The minimum absolute atomic E-state index is 0. The molecule has 2 aliphatic carbocycles. The van der Waals surface area contributed by atoms with Gasteiger partial charge >= 0.3 is 26.2 Å². The topological polar surface area (TPSA) is 6.48 Å². The van der Waals surface area contributed by atoms with Crippen molar-refractivity contribution in [2.75, 3.05) is 0 Å². The number of hydrogen-bond donors (Lipinski definition) is 0. The van der Waals surface area contributed by atoms with Crippen molar-refractivity contribution in [3.63, 3.8) is 0 Å². The van der Waals surface area contributed by atoms with Crippen LogP contribution in [0.2, 0.25) is 26.2 Å². The van der Waals surface area contributed by atoms with E-state index in [1.54, 1.807) is 0 Å². The first-order chi connectivity index (χ1) is 13.7. The Kier molecular flexibility index (Phi) is 19.7. The molecular formula is C26H48Br2N2Si2Zr. The Balaban J connectivity index is -0.000000500. The van der Waals surface area contributed by atoms with E-state index in [1.165, 1.54) is 10.4 Å². The van der Waals surface area contributed by atoms with Crippen molar-refractivity contribution in [2.45, 2.75) is 119 Å². The van der Waals surface area contributed by atoms with Gasteiger partial charge in [-0.3, -0.25) is 12.2 Å². The van der Waals surface area contributed by atoms with Crippen LogP contribution in [0.1, 0.15) is 68.2 Å². The Morgan fingerprint density at radius 2 is 0.848 bits per heavy atom. The molecule has 0 aromatic rings. The molecular weight excluding hydrogens is 648 g/mol. The van der Waals surface area contributed by atoms with Crippen LogP contribution in [0.3, 0.4) is 0 Å². The molecule has 0 spiro atoms. The molecule has 0 heterocycles. The summed E-state index contributed by atoms with van der Waals surface area (Å²) in [6, 6.07) is 2.48. The van der Waals surface area contributed by atoms with Crippen LogP contribution in [-0.4, -0.2) is 49.8 Å². The average molecular weight is 696 g/mol. The molecule has 0 bridgehead atoms. The predicted molar refractivity (Wildman–Crippen MR) is 140 cm³/mol. The molecule has 0 atom stereocenters. The first-order valence-corrected chi connectivity index (χ1v) is 17.8. The first kappa shape index (κ1) is 38.7. The molecule has 0 fully saturated rings. The molecule has 7 heteroatoms. The Bertz CT molecular complexity index is 608. The molecule has 0 aromatic heterocycles. The van der Waals surface area contributed by atoms with Gasteiger partial charge in [-0.2, -0.15) is 12.2 Å². The van der Waals surface area contributed by atoms with E-state index in [4.69, 9.17) is 0 Å². The SMILES string of the molecule is CC(C)N(C(C)C)[Si](C)(C)C1=[C-]CC=C1.CC(C)N(C(C)C)[Si](C)(C)C1=[C-]CC=C1.[Br-].[Br-].[Zr+4]. The maximum Gasteiger partial charge on any atom is 4.00 e. The summed E-state index contributed by atoms with van der Waals surface area (Å²) in [6.45, 7) is 28.1. The molecule has 188 valence electrons. The van der Waals surface area contributed by atoms with Crippen molar-refractivity contribution in [2.24, 2.45) is 0 Å².